The lowest BCUT2D eigenvalue weighted by Crippen LogP contribution is -2.41. The number of para-hydroxylation sites is 1. The predicted octanol–water partition coefficient (Wildman–Crippen LogP) is 6.69. The molecule has 0 aliphatic carbocycles. The summed E-state index contributed by atoms with van der Waals surface area (Å²) in [6.45, 7) is 22.5. The Morgan fingerprint density at radius 1 is 1.07 bits per heavy atom. The Morgan fingerprint density at radius 2 is 1.57 bits per heavy atom. The maximum absolute atomic E-state index is 10.7. The Bertz CT molecular complexity index is 443. The summed E-state index contributed by atoms with van der Waals surface area (Å²) in [4.78, 5) is 10.7. The first-order valence-corrected chi connectivity index (χ1v) is 10.4. The van der Waals surface area contributed by atoms with Gasteiger partial charge >= 0.3 is 0 Å². The minimum Gasteiger partial charge on any atom is -0.493 e. The zero-order chi connectivity index (χ0) is 22.4. The molecule has 0 N–H and O–H groups in total. The van der Waals surface area contributed by atoms with Gasteiger partial charge in [0.1, 0.15) is 11.4 Å². The van der Waals surface area contributed by atoms with Crippen LogP contribution in [0.15, 0.2) is 43.0 Å². The predicted molar refractivity (Wildman–Crippen MR) is 121 cm³/mol. The molecule has 0 aliphatic rings. The molecule has 0 spiro atoms. The molecule has 0 heterocycles. The maximum atomic E-state index is 10.7. The second kappa shape index (κ2) is 21.5. The van der Waals surface area contributed by atoms with Crippen LogP contribution in [0.2, 0.25) is 0 Å². The maximum Gasteiger partial charge on any atom is 0.293 e. The first kappa shape index (κ1) is 30.9. The van der Waals surface area contributed by atoms with Crippen molar-refractivity contribution in [1.29, 1.82) is 0 Å². The van der Waals surface area contributed by atoms with Gasteiger partial charge in [0.2, 0.25) is 0 Å². The highest BCUT2D eigenvalue weighted by atomic mass is 16.5. The molecule has 1 aromatic rings. The van der Waals surface area contributed by atoms with Crippen molar-refractivity contribution in [2.75, 3.05) is 13.2 Å². The normalized spacial score (nSPS) is 11.6. The molecule has 0 aromatic heterocycles. The van der Waals surface area contributed by atoms with Crippen molar-refractivity contribution in [2.24, 2.45) is 5.92 Å². The summed E-state index contributed by atoms with van der Waals surface area (Å²) < 4.78 is 16.8. The average Bonchev–Trinajstić information content (AvgIpc) is 2.72. The van der Waals surface area contributed by atoms with Gasteiger partial charge in [0.05, 0.1) is 25.2 Å². The first-order valence-electron chi connectivity index (χ1n) is 10.4. The van der Waals surface area contributed by atoms with Crippen molar-refractivity contribution in [3.8, 4) is 5.75 Å². The zero-order valence-corrected chi connectivity index (χ0v) is 19.7. The van der Waals surface area contributed by atoms with Crippen LogP contribution >= 0.6 is 0 Å². The van der Waals surface area contributed by atoms with Crippen LogP contribution in [-0.4, -0.2) is 31.4 Å². The van der Waals surface area contributed by atoms with Crippen LogP contribution in [0.25, 0.3) is 0 Å². The molecule has 1 aromatic carbocycles. The van der Waals surface area contributed by atoms with Crippen molar-refractivity contribution >= 4 is 6.47 Å². The monoisotopic (exact) mass is 396 g/mol. The van der Waals surface area contributed by atoms with Crippen LogP contribution in [-0.2, 0) is 14.3 Å². The number of ether oxygens (including phenoxy) is 3. The summed E-state index contributed by atoms with van der Waals surface area (Å²) in [5.41, 5.74) is -0.635. The number of allylic oxidation sites excluding steroid dienone is 1. The molecule has 0 saturated heterocycles. The molecule has 0 saturated carbocycles. The van der Waals surface area contributed by atoms with Gasteiger partial charge in [-0.2, -0.15) is 0 Å². The van der Waals surface area contributed by atoms with Crippen molar-refractivity contribution in [3.05, 3.63) is 43.0 Å². The number of hydrogen-bond acceptors (Lipinski definition) is 4. The van der Waals surface area contributed by atoms with Crippen molar-refractivity contribution in [1.82, 2.24) is 0 Å². The minimum atomic E-state index is -0.635. The molecule has 1 rings (SSSR count). The van der Waals surface area contributed by atoms with E-state index in [1.165, 1.54) is 0 Å². The van der Waals surface area contributed by atoms with Gasteiger partial charge in [-0.15, -0.1) is 6.58 Å². The average molecular weight is 397 g/mol. The summed E-state index contributed by atoms with van der Waals surface area (Å²) in [6.07, 6.45) is 2.87. The van der Waals surface area contributed by atoms with Crippen LogP contribution in [0.1, 0.15) is 68.7 Å². The summed E-state index contributed by atoms with van der Waals surface area (Å²) in [5, 5.41) is 0. The Balaban J connectivity index is -0.000000789. The molecule has 0 bridgehead atoms. The molecule has 0 fully saturated rings. The fraction of sp³-hybridized carbons (Fsp3) is 0.625. The highest BCUT2D eigenvalue weighted by Gasteiger charge is 2.32. The first-order chi connectivity index (χ1) is 13.4. The third kappa shape index (κ3) is 16.4. The van der Waals surface area contributed by atoms with Gasteiger partial charge in [-0.3, -0.25) is 4.79 Å². The van der Waals surface area contributed by atoms with Crippen LogP contribution in [0, 0.1) is 5.92 Å². The smallest absolute Gasteiger partial charge is 0.293 e. The molecule has 28 heavy (non-hydrogen) atoms. The SMILES string of the molecule is C=CC.CC.CC.CCC(C)OCC(COc1ccccc1)C(C)(C)OC=O. The van der Waals surface area contributed by atoms with Gasteiger partial charge in [-0.1, -0.05) is 58.9 Å². The minimum absolute atomic E-state index is 0.0445. The molecule has 0 amide bonds. The van der Waals surface area contributed by atoms with Crippen LogP contribution in [0.3, 0.4) is 0 Å². The molecule has 0 aliphatic heterocycles. The van der Waals surface area contributed by atoms with E-state index in [0.717, 1.165) is 12.2 Å². The van der Waals surface area contributed by atoms with E-state index in [9.17, 15) is 4.79 Å². The van der Waals surface area contributed by atoms with Gasteiger partial charge in [0.15, 0.2) is 0 Å². The molecular weight excluding hydrogens is 352 g/mol. The number of rotatable bonds is 10. The Morgan fingerprint density at radius 3 is 2.00 bits per heavy atom. The summed E-state index contributed by atoms with van der Waals surface area (Å²) in [5.74, 6) is 0.754. The molecular formula is C24H44O4. The van der Waals surface area contributed by atoms with Gasteiger partial charge in [-0.25, -0.2) is 0 Å². The summed E-state index contributed by atoms with van der Waals surface area (Å²) in [6, 6.07) is 9.59. The number of hydrogen-bond donors (Lipinski definition) is 0. The van der Waals surface area contributed by atoms with Crippen LogP contribution < -0.4 is 4.74 Å². The quantitative estimate of drug-likeness (QED) is 0.326. The third-order valence-electron chi connectivity index (χ3n) is 3.69. The van der Waals surface area contributed by atoms with E-state index in [4.69, 9.17) is 14.2 Å². The highest BCUT2D eigenvalue weighted by Crippen LogP contribution is 2.23. The molecule has 4 heteroatoms. The molecule has 4 nitrogen and oxygen atoms in total. The van der Waals surface area contributed by atoms with E-state index in [2.05, 4.69) is 13.5 Å². The Labute approximate surface area is 174 Å². The fourth-order valence-electron chi connectivity index (χ4n) is 1.78. The number of carbonyl (C=O) groups excluding carboxylic acids is 1. The molecule has 0 radical (unpaired) electrons. The molecule has 2 atom stereocenters. The lowest BCUT2D eigenvalue weighted by atomic mass is 9.92. The van der Waals surface area contributed by atoms with Gasteiger partial charge in [0, 0.05) is 0 Å². The van der Waals surface area contributed by atoms with Gasteiger partial charge in [-0.05, 0) is 46.2 Å². The van der Waals surface area contributed by atoms with E-state index >= 15 is 0 Å². The highest BCUT2D eigenvalue weighted by molar-refractivity contribution is 5.38. The van der Waals surface area contributed by atoms with E-state index in [1.54, 1.807) is 6.08 Å². The van der Waals surface area contributed by atoms with Gasteiger partial charge < -0.3 is 14.2 Å². The fourth-order valence-corrected chi connectivity index (χ4v) is 1.78. The topological polar surface area (TPSA) is 44.8 Å². The summed E-state index contributed by atoms with van der Waals surface area (Å²) in [7, 11) is 0. The summed E-state index contributed by atoms with van der Waals surface area (Å²) >= 11 is 0. The molecule has 2 unspecified atom stereocenters. The standard InChI is InChI=1S/C17H26O4.C3H6.2C2H6/c1-5-14(2)19-11-15(17(3,4)21-13-18)12-20-16-9-7-6-8-10-16;1-3-2;2*1-2/h6-10,13-15H,5,11-12H2,1-4H3;3H,1H2,2H3;2*1-2H3. The van der Waals surface area contributed by atoms with E-state index in [1.807, 2.05) is 85.7 Å². The second-order valence-electron chi connectivity index (χ2n) is 6.10. The second-order valence-corrected chi connectivity index (χ2v) is 6.10. The van der Waals surface area contributed by atoms with E-state index in [-0.39, 0.29) is 12.0 Å². The zero-order valence-electron chi connectivity index (χ0n) is 19.7. The van der Waals surface area contributed by atoms with Crippen molar-refractivity contribution < 1.29 is 19.0 Å². The van der Waals surface area contributed by atoms with E-state index in [0.29, 0.717) is 19.7 Å². The largest absolute Gasteiger partial charge is 0.493 e. The van der Waals surface area contributed by atoms with Crippen LogP contribution in [0.4, 0.5) is 0 Å². The lowest BCUT2D eigenvalue weighted by Gasteiger charge is -2.33. The van der Waals surface area contributed by atoms with Crippen LogP contribution in [0.5, 0.6) is 5.75 Å². The van der Waals surface area contributed by atoms with Gasteiger partial charge in [0.25, 0.3) is 6.47 Å². The van der Waals surface area contributed by atoms with Crippen molar-refractivity contribution in [2.45, 2.75) is 80.4 Å². The molecule has 164 valence electrons. The lowest BCUT2D eigenvalue weighted by molar-refractivity contribution is -0.150. The van der Waals surface area contributed by atoms with Crippen molar-refractivity contribution in [3.63, 3.8) is 0 Å². The third-order valence-corrected chi connectivity index (χ3v) is 3.69. The number of carbonyl (C=O) groups is 1. The Hall–Kier alpha value is -1.81. The van der Waals surface area contributed by atoms with E-state index < -0.39 is 5.60 Å². The number of benzene rings is 1. The Kier molecular flexibility index (Phi) is 23.7.